The summed E-state index contributed by atoms with van der Waals surface area (Å²) in [5.74, 6) is 0. The Kier molecular flexibility index (Phi) is 62.8. The summed E-state index contributed by atoms with van der Waals surface area (Å²) in [6.45, 7) is 0. The van der Waals surface area contributed by atoms with E-state index in [-0.39, 0.29) is 129 Å². The maximum absolute atomic E-state index is 9.37. The van der Waals surface area contributed by atoms with Crippen LogP contribution in [0.5, 0.6) is 0 Å². The summed E-state index contributed by atoms with van der Waals surface area (Å²) in [5, 5.41) is 0. The largest absolute Gasteiger partial charge is 3.00 e. The van der Waals surface area contributed by atoms with Crippen molar-refractivity contribution in [3.8, 4) is 0 Å². The van der Waals surface area contributed by atoms with Crippen LogP contribution in [0.3, 0.4) is 0 Å². The molecule has 0 aliphatic carbocycles. The molecule has 0 saturated carbocycles. The maximum atomic E-state index is 9.37. The summed E-state index contributed by atoms with van der Waals surface area (Å²) in [4.78, 5) is 0. The number of hydrogen-bond acceptors (Lipinski definition) is 14. The van der Waals surface area contributed by atoms with Crippen molar-refractivity contribution >= 4 is 54.9 Å². The molecule has 3 N–H and O–H groups in total. The first kappa shape index (κ1) is 52.2. The van der Waals surface area contributed by atoms with Gasteiger partial charge in [0, 0.05) is 0 Å². The fourth-order valence-electron chi connectivity index (χ4n) is 0.0680. The quantitative estimate of drug-likeness (QED) is 0.0700. The number of hydrogen-bond donors (Lipinski definition) is 3. The van der Waals surface area contributed by atoms with Crippen LogP contribution >= 0.6 is 0 Å². The van der Waals surface area contributed by atoms with Crippen molar-refractivity contribution in [2.45, 2.75) is 0 Å². The molecule has 0 bridgehead atoms. The molecule has 1 radical (unpaired) electrons. The van der Waals surface area contributed by atoms with Gasteiger partial charge in [-0.3, -0.25) is 0 Å². The Morgan fingerprint density at radius 3 is 0.808 bits per heavy atom. The number of rotatable bonds is 3. The molecule has 0 heterocycles. The first-order valence-electron chi connectivity index (χ1n) is 3.05. The molecule has 3 unspecified atom stereocenters. The molecule has 0 aromatic rings. The molecule has 17 nitrogen and oxygen atoms in total. The Hall–Kier alpha value is 4.11. The van der Waals surface area contributed by atoms with E-state index in [1.54, 1.807) is 0 Å². The van der Waals surface area contributed by atoms with Crippen molar-refractivity contribution in [2.24, 2.45) is 0 Å². The first-order chi connectivity index (χ1) is 9.40. The van der Waals surface area contributed by atoms with Gasteiger partial charge in [0.2, 0.25) is 20.8 Å². The zero-order valence-electron chi connectivity index (χ0n) is 13.5. The van der Waals surface area contributed by atoms with Crippen LogP contribution in [-0.4, -0.2) is 65.9 Å². The Bertz CT molecular complexity index is 473. The third-order valence-electron chi connectivity index (χ3n) is 0.194. The SMILES string of the molecule is O=S(=O)([O-])OOS(=O)(=O)[O-].O=S([O-])O.O=S([O-])O.O=S([O-])O.[Fe+3].[H-].[K+].[Na+].[Na+]. The van der Waals surface area contributed by atoms with E-state index in [4.69, 9.17) is 39.9 Å². The second-order valence-electron chi connectivity index (χ2n) is 1.60. The van der Waals surface area contributed by atoms with E-state index in [0.717, 1.165) is 0 Å². The zero-order valence-corrected chi connectivity index (χ0v) is 24.8. The standard InChI is InChI=1S/Fe.K.2Na.H2O8S2.3H2O3S.H/c;;;;1-9(2,3)7-8-10(4,5)6;3*1-4(2)3;/h;;;;(H,1,2,3)(H,4,5,6);3*(H2,1,2,3);/q+3;3*+1;;;;;-1/p-5. The van der Waals surface area contributed by atoms with Gasteiger partial charge in [0.25, 0.3) is 0 Å². The van der Waals surface area contributed by atoms with E-state index in [1.165, 1.54) is 0 Å². The van der Waals surface area contributed by atoms with Crippen molar-refractivity contribution in [2.75, 3.05) is 0 Å². The van der Waals surface area contributed by atoms with Gasteiger partial charge in [-0.15, -0.1) is 8.67 Å². The molecule has 0 amide bonds. The molecular formula is H4FeKNa2O17S5. The summed E-state index contributed by atoms with van der Waals surface area (Å²) in [5.41, 5.74) is 0. The van der Waals surface area contributed by atoms with E-state index >= 15 is 0 Å². The molecule has 0 saturated heterocycles. The van der Waals surface area contributed by atoms with E-state index < -0.39 is 54.9 Å². The Morgan fingerprint density at radius 1 is 0.692 bits per heavy atom. The smallest absolute Gasteiger partial charge is 1.00 e. The zero-order chi connectivity index (χ0) is 19.1. The van der Waals surface area contributed by atoms with Crippen LogP contribution in [-0.2, 0) is 80.6 Å². The molecule has 0 aromatic heterocycles. The second-order valence-corrected chi connectivity index (χ2v) is 4.81. The molecule has 3 atom stereocenters. The average Bonchev–Trinajstić information content (AvgIpc) is 2.09. The van der Waals surface area contributed by atoms with Crippen molar-refractivity contribution in [3.05, 3.63) is 0 Å². The fourth-order valence-corrected chi connectivity index (χ4v) is 0.612. The van der Waals surface area contributed by atoms with E-state index in [9.17, 15) is 25.9 Å². The predicted molar refractivity (Wildman–Crippen MR) is 57.3 cm³/mol. The van der Waals surface area contributed by atoms with Crippen LogP contribution in [0.15, 0.2) is 0 Å². The van der Waals surface area contributed by atoms with Gasteiger partial charge in [-0.25, -0.2) is 29.5 Å². The van der Waals surface area contributed by atoms with Gasteiger partial charge in [0.1, 0.15) is 0 Å². The summed E-state index contributed by atoms with van der Waals surface area (Å²) in [6.07, 6.45) is 0. The molecule has 26 heavy (non-hydrogen) atoms. The minimum atomic E-state index is -5.31. The monoisotopic (exact) mass is 577 g/mol. The minimum Gasteiger partial charge on any atom is -1.00 e. The van der Waals surface area contributed by atoms with Crippen molar-refractivity contribution in [1.29, 1.82) is 0 Å². The predicted octanol–water partition coefficient (Wildman–Crippen LogP) is -13.0. The van der Waals surface area contributed by atoms with Crippen LogP contribution in [0, 0.1) is 0 Å². The Labute approximate surface area is 253 Å². The summed E-state index contributed by atoms with van der Waals surface area (Å²) in [7, 11) is -10.6. The third kappa shape index (κ3) is 167. The second kappa shape index (κ2) is 31.3. The van der Waals surface area contributed by atoms with Gasteiger partial charge < -0.3 is 37.8 Å². The molecule has 0 aliphatic heterocycles. The molecule has 0 rings (SSSR count). The molecule has 0 aromatic carbocycles. The van der Waals surface area contributed by atoms with E-state index in [1.807, 2.05) is 0 Å². The molecule has 147 valence electrons. The van der Waals surface area contributed by atoms with Crippen molar-refractivity contribution < 1.29 is 204 Å². The summed E-state index contributed by atoms with van der Waals surface area (Å²) < 4.78 is 134. The van der Waals surface area contributed by atoms with Crippen molar-refractivity contribution in [1.82, 2.24) is 0 Å². The van der Waals surface area contributed by atoms with Gasteiger partial charge in [-0.2, -0.15) is 0 Å². The molecule has 0 spiro atoms. The van der Waals surface area contributed by atoms with Crippen LogP contribution in [0.25, 0.3) is 0 Å². The van der Waals surface area contributed by atoms with Crippen LogP contribution in [0.4, 0.5) is 0 Å². The summed E-state index contributed by atoms with van der Waals surface area (Å²) in [6, 6.07) is 0. The average molecular weight is 577 g/mol. The molecule has 26 heteroatoms. The molecule has 0 aliphatic rings. The maximum Gasteiger partial charge on any atom is 3.00 e. The van der Waals surface area contributed by atoms with Crippen LogP contribution < -0.4 is 110 Å². The minimum absolute atomic E-state index is 0. The van der Waals surface area contributed by atoms with Crippen LogP contribution in [0.2, 0.25) is 0 Å². The van der Waals surface area contributed by atoms with Gasteiger partial charge in [-0.1, -0.05) is 0 Å². The van der Waals surface area contributed by atoms with Gasteiger partial charge in [-0.05, 0) is 0 Å². The summed E-state index contributed by atoms with van der Waals surface area (Å²) >= 11 is -8.58. The van der Waals surface area contributed by atoms with Crippen LogP contribution in [0.1, 0.15) is 1.43 Å². The molecular weight excluding hydrogens is 573 g/mol. The topological polar surface area (TPSA) is 314 Å². The third-order valence-corrected chi connectivity index (χ3v) is 0.750. The van der Waals surface area contributed by atoms with Crippen molar-refractivity contribution in [3.63, 3.8) is 0 Å². The van der Waals surface area contributed by atoms with E-state index in [0.29, 0.717) is 0 Å². The Balaban J connectivity index is -0.0000000237. The van der Waals surface area contributed by atoms with Gasteiger partial charge in [0.05, 0.1) is 34.1 Å². The first-order valence-corrected chi connectivity index (χ1v) is 8.81. The van der Waals surface area contributed by atoms with Gasteiger partial charge >= 0.3 is 128 Å². The Morgan fingerprint density at radius 2 is 0.769 bits per heavy atom. The van der Waals surface area contributed by atoms with E-state index in [2.05, 4.69) is 8.67 Å². The normalized spacial score (nSPS) is 12.3. The van der Waals surface area contributed by atoms with Gasteiger partial charge in [0.15, 0.2) is 0 Å². The molecule has 0 fully saturated rings. The fraction of sp³-hybridized carbons (Fsp3) is 0.